The van der Waals surface area contributed by atoms with E-state index in [1.807, 2.05) is 29.2 Å². The summed E-state index contributed by atoms with van der Waals surface area (Å²) in [6.45, 7) is 1.97. The predicted octanol–water partition coefficient (Wildman–Crippen LogP) is 2.45. The molecule has 0 aromatic heterocycles. The van der Waals surface area contributed by atoms with E-state index < -0.39 is 9.84 Å². The summed E-state index contributed by atoms with van der Waals surface area (Å²) in [5.74, 6) is 0.657. The Bertz CT molecular complexity index is 916. The number of carbonyl (C=O) groups is 1. The van der Waals surface area contributed by atoms with Gasteiger partial charge in [-0.05, 0) is 23.8 Å². The summed E-state index contributed by atoms with van der Waals surface area (Å²) in [6, 6.07) is 14.4. The fourth-order valence-corrected chi connectivity index (χ4v) is 4.18. The lowest BCUT2D eigenvalue weighted by atomic mass is 10.0. The number of piperazine rings is 1. The summed E-state index contributed by atoms with van der Waals surface area (Å²) in [5, 5.41) is 3.34. The van der Waals surface area contributed by atoms with Crippen LogP contribution in [0.1, 0.15) is 27.5 Å². The molecule has 1 N–H and O–H groups in total. The number of carbonyl (C=O) groups excluding carboxylic acids is 1. The van der Waals surface area contributed by atoms with Gasteiger partial charge in [-0.3, -0.25) is 4.79 Å². The highest BCUT2D eigenvalue weighted by Gasteiger charge is 2.30. The van der Waals surface area contributed by atoms with E-state index >= 15 is 0 Å². The van der Waals surface area contributed by atoms with Crippen LogP contribution < -0.4 is 10.1 Å². The van der Waals surface area contributed by atoms with Crippen LogP contribution in [0.5, 0.6) is 5.75 Å². The Morgan fingerprint density at radius 1 is 1.18 bits per heavy atom. The van der Waals surface area contributed by atoms with Crippen molar-refractivity contribution in [3.05, 3.63) is 65.2 Å². The number of ether oxygens (including phenoxy) is 1. The van der Waals surface area contributed by atoms with Crippen LogP contribution in [0, 0.1) is 0 Å². The number of nitrogens with zero attached hydrogens (tertiary/aromatic N) is 1. The van der Waals surface area contributed by atoms with Gasteiger partial charge in [-0.1, -0.05) is 30.3 Å². The van der Waals surface area contributed by atoms with Gasteiger partial charge in [-0.25, -0.2) is 8.42 Å². The van der Waals surface area contributed by atoms with E-state index in [9.17, 15) is 13.2 Å². The lowest BCUT2D eigenvalue weighted by Gasteiger charge is -2.37. The Morgan fingerprint density at radius 2 is 1.86 bits per heavy atom. The van der Waals surface area contributed by atoms with Crippen LogP contribution in [-0.2, 0) is 15.6 Å². The molecule has 2 aromatic rings. The van der Waals surface area contributed by atoms with E-state index in [0.717, 1.165) is 17.9 Å². The Hall–Kier alpha value is -2.09. The van der Waals surface area contributed by atoms with E-state index in [1.165, 1.54) is 6.26 Å². The molecular weight excluding hydrogens is 400 g/mol. The van der Waals surface area contributed by atoms with Crippen molar-refractivity contribution in [3.63, 3.8) is 0 Å². The van der Waals surface area contributed by atoms with Gasteiger partial charge in [0.05, 0.1) is 18.9 Å². The molecule has 1 saturated heterocycles. The second-order valence-electron chi connectivity index (χ2n) is 6.73. The number of para-hydroxylation sites is 1. The molecule has 1 fully saturated rings. The van der Waals surface area contributed by atoms with Crippen LogP contribution in [0.3, 0.4) is 0 Å². The monoisotopic (exact) mass is 424 g/mol. The molecule has 8 heteroatoms. The number of rotatable bonds is 5. The molecule has 1 unspecified atom stereocenters. The maximum absolute atomic E-state index is 13.1. The molecule has 0 radical (unpaired) electrons. The number of methoxy groups -OCH3 is 1. The number of halogens is 1. The Morgan fingerprint density at radius 3 is 2.50 bits per heavy atom. The molecule has 1 amide bonds. The molecule has 1 aliphatic heterocycles. The largest absolute Gasteiger partial charge is 0.496 e. The minimum absolute atomic E-state index is 0. The fraction of sp³-hybridized carbons (Fsp3) is 0.350. The molecule has 6 nitrogen and oxygen atoms in total. The van der Waals surface area contributed by atoms with Gasteiger partial charge in [-0.15, -0.1) is 12.4 Å². The molecule has 0 aliphatic carbocycles. The van der Waals surface area contributed by atoms with Crippen LogP contribution in [0.2, 0.25) is 0 Å². The number of amides is 1. The average molecular weight is 425 g/mol. The van der Waals surface area contributed by atoms with Gasteiger partial charge < -0.3 is 15.0 Å². The van der Waals surface area contributed by atoms with Gasteiger partial charge in [-0.2, -0.15) is 0 Å². The van der Waals surface area contributed by atoms with Gasteiger partial charge in [0, 0.05) is 37.0 Å². The van der Waals surface area contributed by atoms with E-state index in [2.05, 4.69) is 5.32 Å². The molecule has 152 valence electrons. The molecule has 0 saturated carbocycles. The van der Waals surface area contributed by atoms with Crippen molar-refractivity contribution >= 4 is 28.2 Å². The Kier molecular flexibility index (Phi) is 7.46. The van der Waals surface area contributed by atoms with Crippen molar-refractivity contribution in [2.45, 2.75) is 11.8 Å². The zero-order chi connectivity index (χ0) is 19.4. The third kappa shape index (κ3) is 5.25. The van der Waals surface area contributed by atoms with Crippen molar-refractivity contribution < 1.29 is 17.9 Å². The van der Waals surface area contributed by atoms with Crippen LogP contribution in [0.15, 0.2) is 48.5 Å². The number of hydrogen-bond donors (Lipinski definition) is 1. The van der Waals surface area contributed by atoms with E-state index in [4.69, 9.17) is 4.74 Å². The van der Waals surface area contributed by atoms with Crippen LogP contribution in [-0.4, -0.2) is 52.2 Å². The average Bonchev–Trinajstić information content (AvgIpc) is 2.67. The van der Waals surface area contributed by atoms with Gasteiger partial charge in [0.15, 0.2) is 9.84 Å². The number of nitrogens with one attached hydrogen (secondary N) is 1. The number of sulfone groups is 1. The van der Waals surface area contributed by atoms with Crippen molar-refractivity contribution in [2.24, 2.45) is 0 Å². The summed E-state index contributed by atoms with van der Waals surface area (Å²) in [6.07, 6.45) is 1.20. The van der Waals surface area contributed by atoms with Crippen molar-refractivity contribution in [1.29, 1.82) is 0 Å². The maximum Gasteiger partial charge on any atom is 0.254 e. The number of benzene rings is 2. The molecular formula is C20H25ClN2O4S. The molecule has 2 aromatic carbocycles. The highest BCUT2D eigenvalue weighted by Crippen LogP contribution is 2.31. The normalized spacial score (nSPS) is 16.9. The highest BCUT2D eigenvalue weighted by atomic mass is 35.5. The second kappa shape index (κ2) is 9.41. The summed E-state index contributed by atoms with van der Waals surface area (Å²) in [5.41, 5.74) is 2.19. The lowest BCUT2D eigenvalue weighted by Crippen LogP contribution is -2.48. The minimum Gasteiger partial charge on any atom is -0.496 e. The fourth-order valence-electron chi connectivity index (χ4n) is 3.38. The highest BCUT2D eigenvalue weighted by molar-refractivity contribution is 7.89. The van der Waals surface area contributed by atoms with Crippen LogP contribution >= 0.6 is 12.4 Å². The summed E-state index contributed by atoms with van der Waals surface area (Å²) >= 11 is 0. The first-order valence-corrected chi connectivity index (χ1v) is 10.9. The summed E-state index contributed by atoms with van der Waals surface area (Å²) in [4.78, 5) is 15.0. The third-order valence-corrected chi connectivity index (χ3v) is 5.49. The Balaban J connectivity index is 0.00000280. The summed E-state index contributed by atoms with van der Waals surface area (Å²) < 4.78 is 28.3. The topological polar surface area (TPSA) is 75.7 Å². The summed E-state index contributed by atoms with van der Waals surface area (Å²) in [7, 11) is -1.47. The van der Waals surface area contributed by atoms with Crippen LogP contribution in [0.25, 0.3) is 0 Å². The van der Waals surface area contributed by atoms with E-state index in [-0.39, 0.29) is 30.1 Å². The standard InChI is InChI=1S/C20H24N2O4S.ClH/c1-26-19-6-4-3-5-17(19)18-13-21-11-12-22(18)20(23)16-9-7-15(8-10-16)14-27(2,24)25;/h3-10,18,21H,11-14H2,1-2H3;1H. The zero-order valence-corrected chi connectivity index (χ0v) is 17.6. The first-order valence-electron chi connectivity index (χ1n) is 8.80. The molecule has 0 bridgehead atoms. The van der Waals surface area contributed by atoms with Crippen molar-refractivity contribution in [3.8, 4) is 5.75 Å². The van der Waals surface area contributed by atoms with Crippen molar-refractivity contribution in [1.82, 2.24) is 10.2 Å². The van der Waals surface area contributed by atoms with E-state index in [0.29, 0.717) is 24.2 Å². The molecule has 1 atom stereocenters. The van der Waals surface area contributed by atoms with Gasteiger partial charge in [0.25, 0.3) is 5.91 Å². The third-order valence-electron chi connectivity index (χ3n) is 4.63. The first kappa shape index (κ1) is 22.2. The van der Waals surface area contributed by atoms with Crippen molar-refractivity contribution in [2.75, 3.05) is 33.0 Å². The molecule has 28 heavy (non-hydrogen) atoms. The predicted molar refractivity (Wildman–Crippen MR) is 112 cm³/mol. The first-order chi connectivity index (χ1) is 12.9. The van der Waals surface area contributed by atoms with Gasteiger partial charge in [0.1, 0.15) is 5.75 Å². The van der Waals surface area contributed by atoms with Gasteiger partial charge in [0.2, 0.25) is 0 Å². The van der Waals surface area contributed by atoms with Crippen LogP contribution in [0.4, 0.5) is 0 Å². The van der Waals surface area contributed by atoms with E-state index in [1.54, 1.807) is 31.4 Å². The molecule has 1 heterocycles. The molecule has 1 aliphatic rings. The minimum atomic E-state index is -3.10. The molecule has 0 spiro atoms. The lowest BCUT2D eigenvalue weighted by molar-refractivity contribution is 0.0631. The smallest absolute Gasteiger partial charge is 0.254 e. The Labute approximate surface area is 172 Å². The van der Waals surface area contributed by atoms with Gasteiger partial charge >= 0.3 is 0 Å². The maximum atomic E-state index is 13.1. The quantitative estimate of drug-likeness (QED) is 0.797. The SMILES string of the molecule is COc1ccccc1C1CNCCN1C(=O)c1ccc(CS(C)(=O)=O)cc1.Cl. The number of hydrogen-bond acceptors (Lipinski definition) is 5. The zero-order valence-electron chi connectivity index (χ0n) is 15.9. The second-order valence-corrected chi connectivity index (χ2v) is 8.87. The molecule has 3 rings (SSSR count).